The zero-order valence-electron chi connectivity index (χ0n) is 11.3. The lowest BCUT2D eigenvalue weighted by molar-refractivity contribution is -0.0153. The van der Waals surface area contributed by atoms with Crippen LogP contribution in [0.5, 0.6) is 0 Å². The van der Waals surface area contributed by atoms with Gasteiger partial charge in [-0.1, -0.05) is 0 Å². The average molecular weight is 246 g/mol. The van der Waals surface area contributed by atoms with Crippen LogP contribution in [-0.4, -0.2) is 77.3 Å². The zero-order valence-corrected chi connectivity index (χ0v) is 11.3. The monoisotopic (exact) mass is 246 g/mol. The molecule has 1 N–H and O–H groups in total. The molecule has 2 atom stereocenters. The van der Waals surface area contributed by atoms with Crippen LogP contribution in [0.25, 0.3) is 0 Å². The highest BCUT2D eigenvalue weighted by atomic mass is 16.5. The van der Waals surface area contributed by atoms with Crippen LogP contribution in [0.15, 0.2) is 0 Å². The number of nitrogens with zero attached hydrogens (tertiary/aromatic N) is 1. The number of ether oxygens (including phenoxy) is 3. The third-order valence-electron chi connectivity index (χ3n) is 3.06. The van der Waals surface area contributed by atoms with E-state index in [1.54, 1.807) is 14.2 Å². The fourth-order valence-corrected chi connectivity index (χ4v) is 2.05. The van der Waals surface area contributed by atoms with E-state index in [1.165, 1.54) is 0 Å². The second kappa shape index (κ2) is 8.83. The maximum Gasteiger partial charge on any atom is 0.0826 e. The Morgan fingerprint density at radius 3 is 2.82 bits per heavy atom. The summed E-state index contributed by atoms with van der Waals surface area (Å²) in [4.78, 5) is 2.37. The molecule has 1 rings (SSSR count). The van der Waals surface area contributed by atoms with Crippen LogP contribution >= 0.6 is 0 Å². The van der Waals surface area contributed by atoms with Gasteiger partial charge in [-0.25, -0.2) is 0 Å². The van der Waals surface area contributed by atoms with E-state index >= 15 is 0 Å². The van der Waals surface area contributed by atoms with E-state index in [9.17, 15) is 0 Å². The summed E-state index contributed by atoms with van der Waals surface area (Å²) < 4.78 is 16.1. The second-order valence-electron chi connectivity index (χ2n) is 4.49. The standard InChI is InChI=1S/C12H26N2O3/c1-11(10-16-3)14(5-7-15-2)9-12-8-13-4-6-17-12/h11-13H,4-10H2,1-3H3. The average Bonchev–Trinajstić information content (AvgIpc) is 2.36. The van der Waals surface area contributed by atoms with E-state index in [0.29, 0.717) is 6.04 Å². The quantitative estimate of drug-likeness (QED) is 0.651. The van der Waals surface area contributed by atoms with E-state index in [0.717, 1.165) is 46.0 Å². The van der Waals surface area contributed by atoms with Gasteiger partial charge in [0.05, 0.1) is 25.9 Å². The molecule has 0 aromatic heterocycles. The van der Waals surface area contributed by atoms with Gasteiger partial charge in [0, 0.05) is 46.4 Å². The Labute approximate surface area is 104 Å². The van der Waals surface area contributed by atoms with Crippen LogP contribution in [0, 0.1) is 0 Å². The highest BCUT2D eigenvalue weighted by Crippen LogP contribution is 2.05. The van der Waals surface area contributed by atoms with Crippen molar-refractivity contribution in [3.8, 4) is 0 Å². The molecule has 1 aliphatic rings. The van der Waals surface area contributed by atoms with Crippen LogP contribution in [0.3, 0.4) is 0 Å². The molecule has 0 saturated carbocycles. The molecular weight excluding hydrogens is 220 g/mol. The molecule has 1 aliphatic heterocycles. The van der Waals surface area contributed by atoms with Gasteiger partial charge < -0.3 is 19.5 Å². The van der Waals surface area contributed by atoms with Crippen molar-refractivity contribution in [2.75, 3.05) is 60.2 Å². The van der Waals surface area contributed by atoms with Crippen molar-refractivity contribution >= 4 is 0 Å². The molecule has 0 aromatic carbocycles. The lowest BCUT2D eigenvalue weighted by Gasteiger charge is -2.33. The minimum Gasteiger partial charge on any atom is -0.383 e. The van der Waals surface area contributed by atoms with E-state index in [2.05, 4.69) is 17.1 Å². The highest BCUT2D eigenvalue weighted by Gasteiger charge is 2.20. The molecule has 0 spiro atoms. The first kappa shape index (κ1) is 14.9. The Morgan fingerprint density at radius 2 is 2.24 bits per heavy atom. The van der Waals surface area contributed by atoms with E-state index in [-0.39, 0.29) is 6.10 Å². The van der Waals surface area contributed by atoms with Crippen LogP contribution in [0.2, 0.25) is 0 Å². The molecule has 0 amide bonds. The molecule has 5 heteroatoms. The Kier molecular flexibility index (Phi) is 7.72. The molecule has 1 heterocycles. The van der Waals surface area contributed by atoms with Gasteiger partial charge in [-0.15, -0.1) is 0 Å². The summed E-state index contributed by atoms with van der Waals surface area (Å²) >= 11 is 0. The molecule has 102 valence electrons. The molecule has 0 bridgehead atoms. The Bertz CT molecular complexity index is 187. The third-order valence-corrected chi connectivity index (χ3v) is 3.06. The summed E-state index contributed by atoms with van der Waals surface area (Å²) in [6, 6.07) is 0.390. The fraction of sp³-hybridized carbons (Fsp3) is 1.00. The first-order chi connectivity index (χ1) is 8.27. The molecule has 1 fully saturated rings. The van der Waals surface area contributed by atoms with E-state index in [1.807, 2.05) is 0 Å². The van der Waals surface area contributed by atoms with Crippen molar-refractivity contribution in [3.05, 3.63) is 0 Å². The number of nitrogens with one attached hydrogen (secondary N) is 1. The van der Waals surface area contributed by atoms with Crippen LogP contribution < -0.4 is 5.32 Å². The van der Waals surface area contributed by atoms with Gasteiger partial charge in [0.15, 0.2) is 0 Å². The fourth-order valence-electron chi connectivity index (χ4n) is 2.05. The first-order valence-electron chi connectivity index (χ1n) is 6.32. The number of morpholine rings is 1. The van der Waals surface area contributed by atoms with Gasteiger partial charge in [-0.2, -0.15) is 0 Å². The molecular formula is C12H26N2O3. The van der Waals surface area contributed by atoms with Crippen molar-refractivity contribution in [1.82, 2.24) is 10.2 Å². The smallest absolute Gasteiger partial charge is 0.0826 e. The molecule has 0 aliphatic carbocycles. The van der Waals surface area contributed by atoms with E-state index < -0.39 is 0 Å². The van der Waals surface area contributed by atoms with Crippen molar-refractivity contribution in [2.24, 2.45) is 0 Å². The molecule has 0 radical (unpaired) electrons. The Hall–Kier alpha value is -0.200. The number of methoxy groups -OCH3 is 2. The molecule has 2 unspecified atom stereocenters. The maximum atomic E-state index is 5.73. The third kappa shape index (κ3) is 5.79. The van der Waals surface area contributed by atoms with Gasteiger partial charge in [-0.3, -0.25) is 4.90 Å². The summed E-state index contributed by atoms with van der Waals surface area (Å²) in [5.41, 5.74) is 0. The predicted molar refractivity (Wildman–Crippen MR) is 67.4 cm³/mol. The number of hydrogen-bond acceptors (Lipinski definition) is 5. The second-order valence-corrected chi connectivity index (χ2v) is 4.49. The topological polar surface area (TPSA) is 43.0 Å². The molecule has 17 heavy (non-hydrogen) atoms. The van der Waals surface area contributed by atoms with Gasteiger partial charge in [-0.05, 0) is 6.92 Å². The number of hydrogen-bond donors (Lipinski definition) is 1. The van der Waals surface area contributed by atoms with Gasteiger partial charge in [0.1, 0.15) is 0 Å². The summed E-state index contributed by atoms with van der Waals surface area (Å²) in [7, 11) is 3.47. The van der Waals surface area contributed by atoms with Crippen LogP contribution in [0.4, 0.5) is 0 Å². The van der Waals surface area contributed by atoms with Crippen LogP contribution in [0.1, 0.15) is 6.92 Å². The van der Waals surface area contributed by atoms with Crippen molar-refractivity contribution < 1.29 is 14.2 Å². The predicted octanol–water partition coefficient (Wildman–Crippen LogP) is -0.0419. The molecule has 0 aromatic rings. The summed E-state index contributed by atoms with van der Waals surface area (Å²) in [6.07, 6.45) is 0.278. The van der Waals surface area contributed by atoms with Gasteiger partial charge in [0.25, 0.3) is 0 Å². The Balaban J connectivity index is 2.37. The first-order valence-corrected chi connectivity index (χ1v) is 6.32. The lowest BCUT2D eigenvalue weighted by Crippen LogP contribution is -2.49. The van der Waals surface area contributed by atoms with Gasteiger partial charge >= 0.3 is 0 Å². The number of rotatable bonds is 8. The SMILES string of the molecule is COCCN(CC1CNCCO1)C(C)COC. The van der Waals surface area contributed by atoms with Crippen molar-refractivity contribution in [3.63, 3.8) is 0 Å². The largest absolute Gasteiger partial charge is 0.383 e. The Morgan fingerprint density at radius 1 is 1.41 bits per heavy atom. The summed E-state index contributed by atoms with van der Waals surface area (Å²) in [5, 5.41) is 3.35. The minimum atomic E-state index is 0.278. The zero-order chi connectivity index (χ0) is 12.5. The van der Waals surface area contributed by atoms with Crippen molar-refractivity contribution in [2.45, 2.75) is 19.1 Å². The highest BCUT2D eigenvalue weighted by molar-refractivity contribution is 4.75. The normalized spacial score (nSPS) is 22.9. The lowest BCUT2D eigenvalue weighted by atomic mass is 10.2. The maximum absolute atomic E-state index is 5.73. The molecule has 5 nitrogen and oxygen atoms in total. The minimum absolute atomic E-state index is 0.278. The van der Waals surface area contributed by atoms with Gasteiger partial charge in [0.2, 0.25) is 0 Å². The summed E-state index contributed by atoms with van der Waals surface area (Å²) in [6.45, 7) is 8.21. The summed E-state index contributed by atoms with van der Waals surface area (Å²) in [5.74, 6) is 0. The molecule has 1 saturated heterocycles. The van der Waals surface area contributed by atoms with E-state index in [4.69, 9.17) is 14.2 Å². The van der Waals surface area contributed by atoms with Crippen molar-refractivity contribution in [1.29, 1.82) is 0 Å². The van der Waals surface area contributed by atoms with Crippen LogP contribution in [-0.2, 0) is 14.2 Å².